The van der Waals surface area contributed by atoms with Crippen LogP contribution >= 0.6 is 23.4 Å². The molecule has 0 unspecified atom stereocenters. The van der Waals surface area contributed by atoms with Crippen molar-refractivity contribution in [2.45, 2.75) is 74.1 Å². The SMILES string of the molecule is Cc1nn(C(C)(C)C)c(OC(=O)C2(c3ccc(Cl)cc3)CCCC2)c1Sc1c(F)c(F)c(F)c(F)c1F. The molecule has 1 aliphatic rings. The molecule has 37 heavy (non-hydrogen) atoms. The molecule has 1 fully saturated rings. The summed E-state index contributed by atoms with van der Waals surface area (Å²) in [4.78, 5) is 12.6. The topological polar surface area (TPSA) is 44.1 Å². The Morgan fingerprint density at radius 2 is 1.46 bits per heavy atom. The third kappa shape index (κ3) is 4.85. The minimum absolute atomic E-state index is 0.0317. The van der Waals surface area contributed by atoms with Gasteiger partial charge in [-0.3, -0.25) is 4.79 Å². The highest BCUT2D eigenvalue weighted by atomic mass is 35.5. The van der Waals surface area contributed by atoms with E-state index in [1.165, 1.54) is 11.6 Å². The van der Waals surface area contributed by atoms with Gasteiger partial charge in [0.05, 0.1) is 26.4 Å². The van der Waals surface area contributed by atoms with Gasteiger partial charge in [-0.2, -0.15) is 5.10 Å². The van der Waals surface area contributed by atoms with E-state index in [2.05, 4.69) is 5.10 Å². The molecule has 0 atom stereocenters. The standard InChI is InChI=1S/C26H24ClF5N2O2S/c1-13-21(37-22-19(31)17(29)16(28)18(30)20(22)32)23(34(33-13)25(2,3)4)36-24(35)26(11-5-6-12-26)14-7-9-15(27)10-8-14/h7-10H,5-6,11-12H2,1-4H3. The molecule has 0 amide bonds. The number of halogens is 6. The van der Waals surface area contributed by atoms with Crippen LogP contribution in [0, 0.1) is 36.0 Å². The van der Waals surface area contributed by atoms with Gasteiger partial charge in [-0.05, 0) is 58.2 Å². The van der Waals surface area contributed by atoms with Gasteiger partial charge in [0.1, 0.15) is 0 Å². The van der Waals surface area contributed by atoms with E-state index in [4.69, 9.17) is 16.3 Å². The molecule has 0 N–H and O–H groups in total. The summed E-state index contributed by atoms with van der Waals surface area (Å²) in [6.45, 7) is 6.81. The predicted octanol–water partition coefficient (Wildman–Crippen LogP) is 7.86. The Bertz CT molecular complexity index is 1330. The Morgan fingerprint density at radius 3 is 1.97 bits per heavy atom. The Hall–Kier alpha value is -2.59. The van der Waals surface area contributed by atoms with Crippen molar-refractivity contribution < 1.29 is 31.5 Å². The zero-order valence-corrected chi connectivity index (χ0v) is 22.1. The van der Waals surface area contributed by atoms with E-state index in [0.29, 0.717) is 23.4 Å². The molecule has 0 radical (unpaired) electrons. The Morgan fingerprint density at radius 1 is 0.946 bits per heavy atom. The van der Waals surface area contributed by atoms with Crippen molar-refractivity contribution in [2.75, 3.05) is 0 Å². The normalized spacial score (nSPS) is 15.3. The average molecular weight is 559 g/mol. The summed E-state index contributed by atoms with van der Waals surface area (Å²) >= 11 is 6.31. The number of ether oxygens (including phenoxy) is 1. The molecule has 4 nitrogen and oxygen atoms in total. The van der Waals surface area contributed by atoms with Crippen molar-refractivity contribution in [3.8, 4) is 5.88 Å². The molecular weight excluding hydrogens is 535 g/mol. The molecule has 0 aliphatic heterocycles. The van der Waals surface area contributed by atoms with E-state index in [-0.39, 0.29) is 28.2 Å². The molecule has 0 bridgehead atoms. The highest BCUT2D eigenvalue weighted by molar-refractivity contribution is 7.99. The van der Waals surface area contributed by atoms with E-state index in [1.807, 2.05) is 0 Å². The van der Waals surface area contributed by atoms with Crippen LogP contribution in [0.3, 0.4) is 0 Å². The van der Waals surface area contributed by atoms with E-state index < -0.39 is 50.9 Å². The lowest BCUT2D eigenvalue weighted by Gasteiger charge is -2.29. The summed E-state index contributed by atoms with van der Waals surface area (Å²) in [6.07, 6.45) is 2.58. The van der Waals surface area contributed by atoms with Gasteiger partial charge in [-0.15, -0.1) is 0 Å². The lowest BCUT2D eigenvalue weighted by atomic mass is 9.79. The minimum Gasteiger partial charge on any atom is -0.406 e. The first-order chi connectivity index (χ1) is 17.3. The molecule has 11 heteroatoms. The monoisotopic (exact) mass is 558 g/mol. The van der Waals surface area contributed by atoms with Crippen LogP contribution in [-0.4, -0.2) is 15.7 Å². The maximum Gasteiger partial charge on any atom is 0.323 e. The molecule has 4 rings (SSSR count). The lowest BCUT2D eigenvalue weighted by molar-refractivity contribution is -0.141. The zero-order valence-electron chi connectivity index (χ0n) is 20.5. The number of hydrogen-bond acceptors (Lipinski definition) is 4. The Balaban J connectivity index is 1.82. The first-order valence-corrected chi connectivity index (χ1v) is 12.7. The van der Waals surface area contributed by atoms with Crippen molar-refractivity contribution in [3.63, 3.8) is 0 Å². The van der Waals surface area contributed by atoms with Gasteiger partial charge in [-0.1, -0.05) is 48.3 Å². The predicted molar refractivity (Wildman–Crippen MR) is 130 cm³/mol. The summed E-state index contributed by atoms with van der Waals surface area (Å²) in [6, 6.07) is 6.87. The first kappa shape index (κ1) is 27.4. The number of rotatable bonds is 5. The fourth-order valence-corrected chi connectivity index (χ4v) is 5.57. The maximum atomic E-state index is 14.5. The molecule has 1 aliphatic carbocycles. The third-order valence-electron chi connectivity index (χ3n) is 6.41. The molecule has 1 aromatic heterocycles. The third-order valence-corrected chi connectivity index (χ3v) is 7.90. The Kier molecular flexibility index (Phi) is 7.38. The van der Waals surface area contributed by atoms with Crippen LogP contribution in [-0.2, 0) is 15.7 Å². The zero-order chi connectivity index (χ0) is 27.3. The highest BCUT2D eigenvalue weighted by Gasteiger charge is 2.45. The number of carbonyl (C=O) groups is 1. The quantitative estimate of drug-likeness (QED) is 0.138. The van der Waals surface area contributed by atoms with E-state index in [0.717, 1.165) is 12.8 Å². The number of esters is 1. The number of nitrogens with zero attached hydrogens (tertiary/aromatic N) is 2. The molecular formula is C26H24ClF5N2O2S. The average Bonchev–Trinajstić information content (AvgIpc) is 3.46. The van der Waals surface area contributed by atoms with Gasteiger partial charge in [0.25, 0.3) is 0 Å². The van der Waals surface area contributed by atoms with Crippen LogP contribution in [0.2, 0.25) is 5.02 Å². The van der Waals surface area contributed by atoms with E-state index >= 15 is 0 Å². The number of hydrogen-bond donors (Lipinski definition) is 0. The van der Waals surface area contributed by atoms with Crippen LogP contribution < -0.4 is 4.74 Å². The highest BCUT2D eigenvalue weighted by Crippen LogP contribution is 2.46. The fraction of sp³-hybridized carbons (Fsp3) is 0.385. The van der Waals surface area contributed by atoms with Crippen molar-refractivity contribution in [1.82, 2.24) is 9.78 Å². The van der Waals surface area contributed by atoms with Gasteiger partial charge in [-0.25, -0.2) is 26.6 Å². The number of aryl methyl sites for hydroxylation is 1. The second kappa shape index (κ2) is 9.94. The van der Waals surface area contributed by atoms with Crippen LogP contribution in [0.1, 0.15) is 57.7 Å². The van der Waals surface area contributed by atoms with Gasteiger partial charge in [0, 0.05) is 5.02 Å². The summed E-state index contributed by atoms with van der Waals surface area (Å²) in [5.74, 6) is -11.1. The Labute approximate surface area is 220 Å². The molecule has 1 saturated carbocycles. The molecule has 0 saturated heterocycles. The number of benzene rings is 2. The fourth-order valence-electron chi connectivity index (χ4n) is 4.47. The van der Waals surface area contributed by atoms with Crippen LogP contribution in [0.15, 0.2) is 34.1 Å². The first-order valence-electron chi connectivity index (χ1n) is 11.6. The molecule has 2 aromatic carbocycles. The van der Waals surface area contributed by atoms with Gasteiger partial charge in [0.15, 0.2) is 23.3 Å². The minimum atomic E-state index is -2.25. The van der Waals surface area contributed by atoms with Crippen LogP contribution in [0.4, 0.5) is 22.0 Å². The maximum absolute atomic E-state index is 14.5. The number of carbonyl (C=O) groups excluding carboxylic acids is 1. The van der Waals surface area contributed by atoms with Crippen molar-refractivity contribution in [3.05, 3.63) is 69.6 Å². The molecule has 198 valence electrons. The van der Waals surface area contributed by atoms with Gasteiger partial charge >= 0.3 is 5.97 Å². The van der Waals surface area contributed by atoms with E-state index in [9.17, 15) is 26.7 Å². The summed E-state index contributed by atoms with van der Waals surface area (Å²) in [5, 5.41) is 4.89. The number of aromatic nitrogens is 2. The smallest absolute Gasteiger partial charge is 0.323 e. The lowest BCUT2D eigenvalue weighted by Crippen LogP contribution is -2.38. The van der Waals surface area contributed by atoms with Crippen LogP contribution in [0.25, 0.3) is 0 Å². The van der Waals surface area contributed by atoms with Crippen molar-refractivity contribution in [1.29, 1.82) is 0 Å². The van der Waals surface area contributed by atoms with Gasteiger partial charge < -0.3 is 4.74 Å². The summed E-state index contributed by atoms with van der Waals surface area (Å²) in [5.41, 5.74) is -0.831. The second-order valence-corrected chi connectivity index (χ2v) is 11.4. The van der Waals surface area contributed by atoms with Crippen LogP contribution in [0.5, 0.6) is 5.88 Å². The molecule has 3 aromatic rings. The van der Waals surface area contributed by atoms with Gasteiger partial charge in [0.2, 0.25) is 11.7 Å². The largest absolute Gasteiger partial charge is 0.406 e. The van der Waals surface area contributed by atoms with Crippen molar-refractivity contribution >= 4 is 29.3 Å². The van der Waals surface area contributed by atoms with Crippen molar-refractivity contribution in [2.24, 2.45) is 0 Å². The summed E-state index contributed by atoms with van der Waals surface area (Å²) in [7, 11) is 0. The molecule has 1 heterocycles. The second-order valence-electron chi connectivity index (χ2n) is 9.99. The summed E-state index contributed by atoms with van der Waals surface area (Å²) < 4.78 is 77.7. The molecule has 0 spiro atoms. The van der Waals surface area contributed by atoms with E-state index in [1.54, 1.807) is 45.0 Å².